The third-order valence-electron chi connectivity index (χ3n) is 4.87. The number of hydrogen-bond donors (Lipinski definition) is 1. The Kier molecular flexibility index (Phi) is 5.59. The summed E-state index contributed by atoms with van der Waals surface area (Å²) in [6.45, 7) is 8.92. The summed E-state index contributed by atoms with van der Waals surface area (Å²) in [5, 5.41) is 3.80. The Balaban J connectivity index is 1.96. The van der Waals surface area contributed by atoms with Crippen molar-refractivity contribution in [2.45, 2.75) is 45.6 Å². The smallest absolute Gasteiger partial charge is 0.326 e. The fourth-order valence-corrected chi connectivity index (χ4v) is 4.10. The van der Waals surface area contributed by atoms with Gasteiger partial charge < -0.3 is 10.1 Å². The van der Waals surface area contributed by atoms with Gasteiger partial charge in [-0.3, -0.25) is 4.90 Å². The van der Waals surface area contributed by atoms with Gasteiger partial charge in [-0.1, -0.05) is 30.1 Å². The van der Waals surface area contributed by atoms with Crippen molar-refractivity contribution < 1.29 is 9.53 Å². The van der Waals surface area contributed by atoms with Gasteiger partial charge in [-0.2, -0.15) is 0 Å². The summed E-state index contributed by atoms with van der Waals surface area (Å²) < 4.78 is 5.64. The van der Waals surface area contributed by atoms with Crippen LogP contribution < -0.4 is 15.0 Å². The van der Waals surface area contributed by atoms with Gasteiger partial charge in [0.25, 0.3) is 0 Å². The Morgan fingerprint density at radius 1 is 1.22 bits per heavy atom. The lowest BCUT2D eigenvalue weighted by molar-refractivity contribution is 0.247. The second-order valence-corrected chi connectivity index (χ2v) is 8.28. The Hall–Kier alpha value is -1.91. The quantitative estimate of drug-likeness (QED) is 0.614. The van der Waals surface area contributed by atoms with Crippen LogP contribution in [-0.2, 0) is 0 Å². The molecular formula is C21H24Cl2N2O2. The first-order valence-electron chi connectivity index (χ1n) is 9.06. The summed E-state index contributed by atoms with van der Waals surface area (Å²) in [7, 11) is 0. The predicted molar refractivity (Wildman–Crippen MR) is 113 cm³/mol. The van der Waals surface area contributed by atoms with Crippen LogP contribution >= 0.6 is 23.2 Å². The van der Waals surface area contributed by atoms with Crippen LogP contribution in [-0.4, -0.2) is 18.2 Å². The molecule has 6 heteroatoms. The molecule has 1 heterocycles. The molecule has 0 saturated carbocycles. The molecule has 2 aromatic rings. The highest BCUT2D eigenvalue weighted by atomic mass is 35.5. The van der Waals surface area contributed by atoms with E-state index in [0.717, 1.165) is 23.4 Å². The third-order valence-corrected chi connectivity index (χ3v) is 5.61. The van der Waals surface area contributed by atoms with Gasteiger partial charge in [0.1, 0.15) is 5.75 Å². The van der Waals surface area contributed by atoms with Gasteiger partial charge in [0, 0.05) is 16.9 Å². The monoisotopic (exact) mass is 406 g/mol. The summed E-state index contributed by atoms with van der Waals surface area (Å²) in [5.74, 6) is 1.15. The van der Waals surface area contributed by atoms with Crippen molar-refractivity contribution in [3.8, 4) is 5.75 Å². The van der Waals surface area contributed by atoms with E-state index in [0.29, 0.717) is 28.3 Å². The zero-order valence-corrected chi connectivity index (χ0v) is 17.5. The van der Waals surface area contributed by atoms with Gasteiger partial charge in [0.05, 0.1) is 16.7 Å². The molecule has 2 amide bonds. The van der Waals surface area contributed by atoms with E-state index in [2.05, 4.69) is 26.1 Å². The molecule has 0 unspecified atom stereocenters. The maximum atomic E-state index is 13.2. The van der Waals surface area contributed by atoms with E-state index in [-0.39, 0.29) is 11.6 Å². The largest absolute Gasteiger partial charge is 0.494 e. The number of urea groups is 1. The number of ether oxygens (including phenoxy) is 1. The van der Waals surface area contributed by atoms with Crippen molar-refractivity contribution in [1.29, 1.82) is 0 Å². The van der Waals surface area contributed by atoms with Crippen LogP contribution in [0.5, 0.6) is 5.75 Å². The molecule has 1 N–H and O–H groups in total. The number of benzene rings is 2. The van der Waals surface area contributed by atoms with Crippen LogP contribution in [0.4, 0.5) is 16.2 Å². The zero-order chi connectivity index (χ0) is 19.8. The van der Waals surface area contributed by atoms with Gasteiger partial charge in [0.15, 0.2) is 0 Å². The lowest BCUT2D eigenvalue weighted by Gasteiger charge is -2.45. The Bertz CT molecular complexity index is 867. The van der Waals surface area contributed by atoms with Crippen LogP contribution in [0.1, 0.15) is 45.6 Å². The van der Waals surface area contributed by atoms with E-state index in [1.165, 1.54) is 0 Å². The van der Waals surface area contributed by atoms with E-state index in [1.807, 2.05) is 30.0 Å². The van der Waals surface area contributed by atoms with E-state index in [9.17, 15) is 4.79 Å². The number of hydrogen-bond acceptors (Lipinski definition) is 2. The standard InChI is InChI=1S/C21H24Cl2N2O2/c1-5-27-15-7-9-19-16(11-15)13(2)12-21(3,4)25(19)20(26)24-14-6-8-17(22)18(23)10-14/h6-11,13H,5,12H2,1-4H3,(H,24,26)/t13-/m1/s1. The number of nitrogens with zero attached hydrogens (tertiary/aromatic N) is 1. The average molecular weight is 407 g/mol. The SMILES string of the molecule is CCOc1ccc2c(c1)[C@H](C)CC(C)(C)N2C(=O)Nc1ccc(Cl)c(Cl)c1. The number of nitrogens with one attached hydrogen (secondary N) is 1. The molecule has 27 heavy (non-hydrogen) atoms. The molecule has 0 fully saturated rings. The maximum absolute atomic E-state index is 13.2. The van der Waals surface area contributed by atoms with Crippen LogP contribution in [0.3, 0.4) is 0 Å². The van der Waals surface area contributed by atoms with Crippen molar-refractivity contribution in [2.24, 2.45) is 0 Å². The Morgan fingerprint density at radius 2 is 1.96 bits per heavy atom. The van der Waals surface area contributed by atoms with E-state index in [1.54, 1.807) is 18.2 Å². The zero-order valence-electron chi connectivity index (χ0n) is 16.0. The molecule has 2 aromatic carbocycles. The highest BCUT2D eigenvalue weighted by molar-refractivity contribution is 6.42. The van der Waals surface area contributed by atoms with Crippen molar-refractivity contribution in [1.82, 2.24) is 0 Å². The molecule has 1 aliphatic heterocycles. The number of carbonyl (C=O) groups is 1. The molecule has 4 nitrogen and oxygen atoms in total. The second-order valence-electron chi connectivity index (χ2n) is 7.47. The van der Waals surface area contributed by atoms with E-state index < -0.39 is 0 Å². The third kappa shape index (κ3) is 4.02. The summed E-state index contributed by atoms with van der Waals surface area (Å²) in [6.07, 6.45) is 0.852. The van der Waals surface area contributed by atoms with Gasteiger partial charge in [-0.25, -0.2) is 4.79 Å². The minimum Gasteiger partial charge on any atom is -0.494 e. The predicted octanol–water partition coefficient (Wildman–Crippen LogP) is 6.72. The average Bonchev–Trinajstić information content (AvgIpc) is 2.58. The molecule has 0 spiro atoms. The van der Waals surface area contributed by atoms with Gasteiger partial charge in [-0.05, 0) is 75.1 Å². The molecule has 144 valence electrons. The van der Waals surface area contributed by atoms with E-state index in [4.69, 9.17) is 27.9 Å². The number of carbonyl (C=O) groups excluding carboxylic acids is 1. The van der Waals surface area contributed by atoms with Gasteiger partial charge in [-0.15, -0.1) is 0 Å². The fraction of sp³-hybridized carbons (Fsp3) is 0.381. The van der Waals surface area contributed by atoms with Crippen molar-refractivity contribution >= 4 is 40.6 Å². The lowest BCUT2D eigenvalue weighted by atomic mass is 9.80. The minimum absolute atomic E-state index is 0.198. The summed E-state index contributed by atoms with van der Waals surface area (Å²) in [6, 6.07) is 10.8. The first-order chi connectivity index (χ1) is 12.7. The highest BCUT2D eigenvalue weighted by Crippen LogP contribution is 2.45. The van der Waals surface area contributed by atoms with Crippen LogP contribution in [0, 0.1) is 0 Å². The fourth-order valence-electron chi connectivity index (χ4n) is 3.80. The van der Waals surface area contributed by atoms with Gasteiger partial charge >= 0.3 is 6.03 Å². The first kappa shape index (κ1) is 19.8. The summed E-state index contributed by atoms with van der Waals surface area (Å²) >= 11 is 12.0. The molecule has 1 atom stereocenters. The molecule has 0 saturated heterocycles. The van der Waals surface area contributed by atoms with Gasteiger partial charge in [0.2, 0.25) is 0 Å². The maximum Gasteiger partial charge on any atom is 0.326 e. The molecule has 0 radical (unpaired) electrons. The summed E-state index contributed by atoms with van der Waals surface area (Å²) in [5.41, 5.74) is 2.29. The molecule has 0 aliphatic carbocycles. The molecular weight excluding hydrogens is 383 g/mol. The van der Waals surface area contributed by atoms with Crippen molar-refractivity contribution in [3.63, 3.8) is 0 Å². The number of amides is 2. The first-order valence-corrected chi connectivity index (χ1v) is 9.81. The molecule has 3 rings (SSSR count). The number of anilines is 2. The minimum atomic E-state index is -0.333. The lowest BCUT2D eigenvalue weighted by Crippen LogP contribution is -2.53. The number of fused-ring (bicyclic) bond motifs is 1. The van der Waals surface area contributed by atoms with Crippen molar-refractivity contribution in [2.75, 3.05) is 16.8 Å². The Morgan fingerprint density at radius 3 is 2.63 bits per heavy atom. The second kappa shape index (κ2) is 7.61. The number of halogens is 2. The van der Waals surface area contributed by atoms with Crippen LogP contribution in [0.2, 0.25) is 10.0 Å². The normalized spacial score (nSPS) is 18.0. The molecule has 0 bridgehead atoms. The number of rotatable bonds is 3. The highest BCUT2D eigenvalue weighted by Gasteiger charge is 2.40. The molecule has 0 aromatic heterocycles. The summed E-state index contributed by atoms with van der Waals surface area (Å²) in [4.78, 5) is 15.0. The molecule has 1 aliphatic rings. The van der Waals surface area contributed by atoms with E-state index >= 15 is 0 Å². The van der Waals surface area contributed by atoms with Crippen LogP contribution in [0.25, 0.3) is 0 Å². The Labute approximate surface area is 170 Å². The van der Waals surface area contributed by atoms with Crippen molar-refractivity contribution in [3.05, 3.63) is 52.0 Å². The van der Waals surface area contributed by atoms with Crippen LogP contribution in [0.15, 0.2) is 36.4 Å². The topological polar surface area (TPSA) is 41.6 Å².